The number of aromatic nitrogens is 1. The molecule has 1 aromatic heterocycles. The number of ether oxygens (including phenoxy) is 2. The van der Waals surface area contributed by atoms with Crippen molar-refractivity contribution in [3.05, 3.63) is 142 Å². The monoisotopic (exact) mass is 523 g/mol. The van der Waals surface area contributed by atoms with Gasteiger partial charge in [-0.1, -0.05) is 66.7 Å². The van der Waals surface area contributed by atoms with Crippen LogP contribution in [0.5, 0.6) is 11.5 Å². The van der Waals surface area contributed by atoms with Gasteiger partial charge in [0.2, 0.25) is 5.43 Å². The van der Waals surface area contributed by atoms with E-state index in [0.29, 0.717) is 17.9 Å². The summed E-state index contributed by atoms with van der Waals surface area (Å²) in [4.78, 5) is 28.6. The van der Waals surface area contributed by atoms with Crippen molar-refractivity contribution in [2.24, 2.45) is 0 Å². The van der Waals surface area contributed by atoms with Crippen LogP contribution in [-0.2, 0) is 6.61 Å². The standard InChI is InChI=1S/C31H26FN3O4/c32-24-13-14-27-25(19-24)28(23-11-5-2-6-12-23)35-21-33(16-7-8-18-38-27)31(37)29-30(26(36)15-17-34(29)35)39-20-22-9-3-1-4-10-22/h1-15,17,19,28H,16,18,20-21H2/b8-7-. The summed E-state index contributed by atoms with van der Waals surface area (Å²) in [6, 6.07) is 24.4. The highest BCUT2D eigenvalue weighted by Crippen LogP contribution is 2.37. The normalized spacial score (nSPS) is 17.4. The lowest BCUT2D eigenvalue weighted by Crippen LogP contribution is -2.55. The number of hydrogen-bond donors (Lipinski definition) is 0. The average molecular weight is 524 g/mol. The number of benzene rings is 3. The molecule has 3 aromatic carbocycles. The molecule has 6 rings (SSSR count). The first-order chi connectivity index (χ1) is 19.1. The van der Waals surface area contributed by atoms with E-state index in [2.05, 4.69) is 0 Å². The topological polar surface area (TPSA) is 64.0 Å². The predicted molar refractivity (Wildman–Crippen MR) is 145 cm³/mol. The van der Waals surface area contributed by atoms with Crippen molar-refractivity contribution in [1.29, 1.82) is 0 Å². The van der Waals surface area contributed by atoms with Gasteiger partial charge in [-0.15, -0.1) is 0 Å². The van der Waals surface area contributed by atoms with E-state index in [1.807, 2.05) is 77.8 Å². The largest absolute Gasteiger partial charge is 0.489 e. The van der Waals surface area contributed by atoms with Gasteiger partial charge in [0.25, 0.3) is 5.91 Å². The Morgan fingerprint density at radius 1 is 0.923 bits per heavy atom. The zero-order valence-electron chi connectivity index (χ0n) is 21.1. The van der Waals surface area contributed by atoms with Gasteiger partial charge in [-0.3, -0.25) is 19.3 Å². The van der Waals surface area contributed by atoms with Gasteiger partial charge in [0.05, 0.1) is 0 Å². The maximum Gasteiger partial charge on any atom is 0.278 e. The molecule has 0 spiro atoms. The first kappa shape index (κ1) is 24.5. The van der Waals surface area contributed by atoms with Crippen molar-refractivity contribution in [2.75, 3.05) is 24.8 Å². The summed E-state index contributed by atoms with van der Waals surface area (Å²) < 4.78 is 28.5. The van der Waals surface area contributed by atoms with Gasteiger partial charge >= 0.3 is 0 Å². The van der Waals surface area contributed by atoms with Crippen molar-refractivity contribution in [2.45, 2.75) is 12.6 Å². The zero-order chi connectivity index (χ0) is 26.8. The van der Waals surface area contributed by atoms with E-state index >= 15 is 0 Å². The van der Waals surface area contributed by atoms with E-state index in [0.717, 1.165) is 11.1 Å². The quantitative estimate of drug-likeness (QED) is 0.364. The summed E-state index contributed by atoms with van der Waals surface area (Å²) in [5.74, 6) is -0.227. The van der Waals surface area contributed by atoms with Gasteiger partial charge in [0.1, 0.15) is 37.5 Å². The van der Waals surface area contributed by atoms with E-state index in [9.17, 15) is 14.0 Å². The molecule has 2 bridgehead atoms. The third-order valence-corrected chi connectivity index (χ3v) is 6.85. The van der Waals surface area contributed by atoms with Crippen molar-refractivity contribution < 1.29 is 18.7 Å². The number of halogens is 1. The van der Waals surface area contributed by atoms with Crippen LogP contribution >= 0.6 is 0 Å². The van der Waals surface area contributed by atoms with Crippen LogP contribution in [0.15, 0.2) is 108 Å². The second-order valence-corrected chi connectivity index (χ2v) is 9.36. The average Bonchev–Trinajstić information content (AvgIpc) is 2.99. The summed E-state index contributed by atoms with van der Waals surface area (Å²) >= 11 is 0. The molecule has 1 atom stereocenters. The van der Waals surface area contributed by atoms with E-state index in [1.165, 1.54) is 18.2 Å². The second kappa shape index (κ2) is 10.5. The van der Waals surface area contributed by atoms with Gasteiger partial charge < -0.3 is 14.4 Å². The van der Waals surface area contributed by atoms with Crippen LogP contribution in [0, 0.1) is 5.82 Å². The SMILES string of the molecule is O=C1c2c(OCc3ccccc3)c(=O)ccn2N2CN1C/C=C\COc1ccc(F)cc1C2c1ccccc1. The molecule has 39 heavy (non-hydrogen) atoms. The summed E-state index contributed by atoms with van der Waals surface area (Å²) in [5, 5.41) is 1.93. The molecule has 4 aromatic rings. The molecule has 7 nitrogen and oxygen atoms in total. The van der Waals surface area contributed by atoms with Crippen LogP contribution in [0.3, 0.4) is 0 Å². The van der Waals surface area contributed by atoms with E-state index in [-0.39, 0.29) is 37.2 Å². The van der Waals surface area contributed by atoms with Gasteiger partial charge in [-0.2, -0.15) is 0 Å². The van der Waals surface area contributed by atoms with E-state index in [1.54, 1.807) is 21.8 Å². The minimum absolute atomic E-state index is 0.0255. The molecule has 196 valence electrons. The van der Waals surface area contributed by atoms with E-state index in [4.69, 9.17) is 9.47 Å². The Bertz CT molecular complexity index is 1590. The number of hydrogen-bond acceptors (Lipinski definition) is 5. The first-order valence-corrected chi connectivity index (χ1v) is 12.7. The number of nitrogens with zero attached hydrogens (tertiary/aromatic N) is 3. The lowest BCUT2D eigenvalue weighted by Gasteiger charge is -2.44. The van der Waals surface area contributed by atoms with Crippen LogP contribution in [-0.4, -0.2) is 35.3 Å². The third-order valence-electron chi connectivity index (χ3n) is 6.85. The van der Waals surface area contributed by atoms with Crippen molar-refractivity contribution in [1.82, 2.24) is 9.58 Å². The highest BCUT2D eigenvalue weighted by atomic mass is 19.1. The molecule has 2 aliphatic rings. The smallest absolute Gasteiger partial charge is 0.278 e. The fraction of sp³-hybridized carbons (Fsp3) is 0.161. The lowest BCUT2D eigenvalue weighted by atomic mass is 9.96. The Morgan fingerprint density at radius 2 is 1.69 bits per heavy atom. The van der Waals surface area contributed by atoms with Gasteiger partial charge in [-0.05, 0) is 35.4 Å². The molecule has 1 unspecified atom stereocenters. The first-order valence-electron chi connectivity index (χ1n) is 12.7. The molecule has 1 amide bonds. The molecule has 0 saturated heterocycles. The molecule has 8 heteroatoms. The molecule has 0 N–H and O–H groups in total. The molecular weight excluding hydrogens is 497 g/mol. The summed E-state index contributed by atoms with van der Waals surface area (Å²) in [5.41, 5.74) is 2.07. The van der Waals surface area contributed by atoms with Gasteiger partial charge in [-0.25, -0.2) is 4.39 Å². The summed E-state index contributed by atoms with van der Waals surface area (Å²) in [6.45, 7) is 0.876. The van der Waals surface area contributed by atoms with E-state index < -0.39 is 17.3 Å². The Morgan fingerprint density at radius 3 is 2.49 bits per heavy atom. The minimum Gasteiger partial charge on any atom is -0.489 e. The maximum absolute atomic E-state index is 14.7. The number of amides is 1. The van der Waals surface area contributed by atoms with Gasteiger partial charge in [0.15, 0.2) is 11.4 Å². The summed E-state index contributed by atoms with van der Waals surface area (Å²) in [7, 11) is 0. The fourth-order valence-electron chi connectivity index (χ4n) is 5.01. The Balaban J connectivity index is 1.55. The number of fused-ring (bicyclic) bond motifs is 5. The number of carbonyl (C=O) groups is 1. The molecule has 0 aliphatic carbocycles. The number of carbonyl (C=O) groups excluding carboxylic acids is 1. The Kier molecular flexibility index (Phi) is 6.59. The van der Waals surface area contributed by atoms with Crippen molar-refractivity contribution in [3.8, 4) is 11.5 Å². The number of pyridine rings is 1. The van der Waals surface area contributed by atoms with Crippen LogP contribution in [0.4, 0.5) is 4.39 Å². The highest BCUT2D eigenvalue weighted by molar-refractivity contribution is 5.96. The zero-order valence-corrected chi connectivity index (χ0v) is 21.1. The predicted octanol–water partition coefficient (Wildman–Crippen LogP) is 4.66. The minimum atomic E-state index is -0.547. The molecular formula is C31H26FN3O4. The molecule has 2 aliphatic heterocycles. The Labute approximate surface area is 224 Å². The summed E-state index contributed by atoms with van der Waals surface area (Å²) in [6.07, 6.45) is 5.25. The van der Waals surface area contributed by atoms with Crippen LogP contribution in [0.1, 0.15) is 33.2 Å². The molecule has 0 saturated carbocycles. The van der Waals surface area contributed by atoms with Crippen molar-refractivity contribution in [3.63, 3.8) is 0 Å². The molecule has 0 fully saturated rings. The number of rotatable bonds is 4. The van der Waals surface area contributed by atoms with Crippen LogP contribution < -0.4 is 19.9 Å². The van der Waals surface area contributed by atoms with Crippen LogP contribution in [0.25, 0.3) is 0 Å². The van der Waals surface area contributed by atoms with Crippen molar-refractivity contribution >= 4 is 5.91 Å². The maximum atomic E-state index is 14.7. The lowest BCUT2D eigenvalue weighted by molar-refractivity contribution is 0.0698. The highest BCUT2D eigenvalue weighted by Gasteiger charge is 2.37. The fourth-order valence-corrected chi connectivity index (χ4v) is 5.01. The third kappa shape index (κ3) is 4.77. The molecule has 0 radical (unpaired) electrons. The molecule has 3 heterocycles. The Hall–Kier alpha value is -4.85. The van der Waals surface area contributed by atoms with Crippen LogP contribution in [0.2, 0.25) is 0 Å². The second-order valence-electron chi connectivity index (χ2n) is 9.36. The van der Waals surface area contributed by atoms with Gasteiger partial charge in [0, 0.05) is 24.4 Å².